The van der Waals surface area contributed by atoms with E-state index in [-0.39, 0.29) is 39.1 Å². The summed E-state index contributed by atoms with van der Waals surface area (Å²) < 4.78 is 0. The fourth-order valence-corrected chi connectivity index (χ4v) is 11.0. The van der Waals surface area contributed by atoms with E-state index in [1.165, 1.54) is 12.8 Å². The Balaban J connectivity index is 1.61. The van der Waals surface area contributed by atoms with E-state index in [2.05, 4.69) is 54.5 Å². The summed E-state index contributed by atoms with van der Waals surface area (Å²) in [6.07, 6.45) is 10.9. The van der Waals surface area contributed by atoms with Gasteiger partial charge in [0.15, 0.2) is 6.29 Å². The number of hydrogen-bond donors (Lipinski definition) is 3. The Labute approximate surface area is 202 Å². The summed E-state index contributed by atoms with van der Waals surface area (Å²) in [4.78, 5) is 0. The van der Waals surface area contributed by atoms with E-state index in [1.54, 1.807) is 5.57 Å². The van der Waals surface area contributed by atoms with Crippen LogP contribution in [0.5, 0.6) is 0 Å². The van der Waals surface area contributed by atoms with Crippen molar-refractivity contribution in [1.29, 1.82) is 0 Å². The van der Waals surface area contributed by atoms with Crippen LogP contribution in [0.1, 0.15) is 106 Å². The van der Waals surface area contributed by atoms with Crippen LogP contribution in [-0.4, -0.2) is 27.7 Å². The van der Waals surface area contributed by atoms with E-state index in [0.717, 1.165) is 44.9 Å². The van der Waals surface area contributed by atoms with Gasteiger partial charge in [-0.1, -0.05) is 60.1 Å². The maximum atomic E-state index is 10.9. The molecule has 0 aromatic rings. The number of aliphatic hydroxyl groups is 3. The summed E-state index contributed by atoms with van der Waals surface area (Å²) in [6, 6.07) is 0. The average molecular weight is 459 g/mol. The molecule has 5 rings (SSSR count). The Bertz CT molecular complexity index is 830. The fraction of sp³-hybridized carbons (Fsp3) is 0.933. The van der Waals surface area contributed by atoms with E-state index < -0.39 is 6.29 Å². The van der Waals surface area contributed by atoms with Gasteiger partial charge in [0.2, 0.25) is 0 Å². The molecule has 0 aliphatic heterocycles. The highest BCUT2D eigenvalue weighted by molar-refractivity contribution is 5.34. The lowest BCUT2D eigenvalue weighted by atomic mass is 9.33. The molecule has 0 amide bonds. The van der Waals surface area contributed by atoms with Gasteiger partial charge in [-0.05, 0) is 109 Å². The maximum absolute atomic E-state index is 10.9. The lowest BCUT2D eigenvalue weighted by Gasteiger charge is -2.71. The first-order chi connectivity index (χ1) is 15.3. The molecule has 3 N–H and O–H groups in total. The first-order valence-corrected chi connectivity index (χ1v) is 14.0. The highest BCUT2D eigenvalue weighted by atomic mass is 16.5. The summed E-state index contributed by atoms with van der Waals surface area (Å²) in [5.41, 5.74) is 1.81. The van der Waals surface area contributed by atoms with Crippen molar-refractivity contribution in [3.8, 4) is 0 Å². The number of aliphatic hydroxyl groups excluding tert-OH is 2. The molecule has 0 spiro atoms. The molecule has 4 fully saturated rings. The molecule has 0 aromatic heterocycles. The van der Waals surface area contributed by atoms with Crippen molar-refractivity contribution in [3.63, 3.8) is 0 Å². The van der Waals surface area contributed by atoms with Crippen LogP contribution in [0.2, 0.25) is 0 Å². The van der Waals surface area contributed by atoms with Crippen LogP contribution >= 0.6 is 0 Å². The van der Waals surface area contributed by atoms with Crippen molar-refractivity contribution in [2.75, 3.05) is 0 Å². The summed E-state index contributed by atoms with van der Waals surface area (Å²) >= 11 is 0. The molecule has 5 aliphatic rings. The third-order valence-electron chi connectivity index (χ3n) is 13.5. The van der Waals surface area contributed by atoms with Crippen LogP contribution in [-0.2, 0) is 0 Å². The second-order valence-corrected chi connectivity index (χ2v) is 14.6. The zero-order chi connectivity index (χ0) is 24.2. The van der Waals surface area contributed by atoms with Gasteiger partial charge in [-0.25, -0.2) is 0 Å². The minimum atomic E-state index is -1.22. The first-order valence-electron chi connectivity index (χ1n) is 14.0. The zero-order valence-corrected chi connectivity index (χ0v) is 22.3. The van der Waals surface area contributed by atoms with Crippen molar-refractivity contribution >= 4 is 0 Å². The molecule has 0 saturated heterocycles. The van der Waals surface area contributed by atoms with E-state index >= 15 is 0 Å². The van der Waals surface area contributed by atoms with Crippen LogP contribution in [0.4, 0.5) is 0 Å². The van der Waals surface area contributed by atoms with Gasteiger partial charge >= 0.3 is 0 Å². The lowest BCUT2D eigenvalue weighted by molar-refractivity contribution is -0.228. The third-order valence-corrected chi connectivity index (χ3v) is 13.5. The second kappa shape index (κ2) is 7.32. The molecular formula is C30H50O3. The summed E-state index contributed by atoms with van der Waals surface area (Å²) in [6.45, 7) is 17.1. The Morgan fingerprint density at radius 3 is 2.21 bits per heavy atom. The number of fused-ring (bicyclic) bond motifs is 7. The van der Waals surface area contributed by atoms with Gasteiger partial charge in [0, 0.05) is 5.41 Å². The monoisotopic (exact) mass is 458 g/mol. The predicted molar refractivity (Wildman–Crippen MR) is 133 cm³/mol. The van der Waals surface area contributed by atoms with Crippen LogP contribution in [0.3, 0.4) is 0 Å². The Morgan fingerprint density at radius 2 is 1.55 bits per heavy atom. The average Bonchev–Trinajstić information content (AvgIpc) is 2.74. The molecule has 5 aliphatic carbocycles. The van der Waals surface area contributed by atoms with Gasteiger partial charge in [-0.15, -0.1) is 0 Å². The molecule has 3 nitrogen and oxygen atoms in total. The van der Waals surface area contributed by atoms with Crippen LogP contribution in [0.15, 0.2) is 11.6 Å². The second-order valence-electron chi connectivity index (χ2n) is 14.6. The van der Waals surface area contributed by atoms with Gasteiger partial charge in [0.1, 0.15) is 0 Å². The van der Waals surface area contributed by atoms with Gasteiger partial charge in [-0.3, -0.25) is 0 Å². The minimum Gasteiger partial charge on any atom is -0.393 e. The number of rotatable bonds is 1. The van der Waals surface area contributed by atoms with E-state index in [0.29, 0.717) is 23.7 Å². The van der Waals surface area contributed by atoms with Gasteiger partial charge in [-0.2, -0.15) is 0 Å². The molecule has 0 aromatic carbocycles. The topological polar surface area (TPSA) is 60.7 Å². The smallest absolute Gasteiger partial charge is 0.157 e. The molecular weight excluding hydrogens is 408 g/mol. The molecule has 1 unspecified atom stereocenters. The first kappa shape index (κ1) is 24.3. The van der Waals surface area contributed by atoms with E-state index in [1.807, 2.05) is 0 Å². The third kappa shape index (κ3) is 2.85. The largest absolute Gasteiger partial charge is 0.393 e. The molecule has 10 atom stereocenters. The molecule has 0 radical (unpaired) electrons. The fourth-order valence-electron chi connectivity index (χ4n) is 11.0. The zero-order valence-electron chi connectivity index (χ0n) is 22.3. The number of allylic oxidation sites excluding steroid dienone is 2. The van der Waals surface area contributed by atoms with Crippen molar-refractivity contribution < 1.29 is 15.3 Å². The van der Waals surface area contributed by atoms with Crippen LogP contribution in [0, 0.1) is 56.7 Å². The van der Waals surface area contributed by atoms with Crippen molar-refractivity contribution in [3.05, 3.63) is 11.6 Å². The molecule has 0 bridgehead atoms. The Morgan fingerprint density at radius 1 is 0.848 bits per heavy atom. The van der Waals surface area contributed by atoms with Gasteiger partial charge in [0.05, 0.1) is 6.10 Å². The van der Waals surface area contributed by atoms with Crippen LogP contribution in [0.25, 0.3) is 0 Å². The standard InChI is InChI=1S/C30H50O3/c1-18-10-15-30(25(32)33)17-16-28(6)20(24(30)19(18)2)8-9-22-27(5)13-12-23(31)26(3,4)21(27)11-14-29(22,28)7/h8,18-19,21-25,31-33H,9-17H2,1-7H3/t18-,19+,21?,22-,23+,24+,27+,28-,29-,30+/m1/s1. The van der Waals surface area contributed by atoms with Crippen LogP contribution < -0.4 is 0 Å². The quantitative estimate of drug-likeness (QED) is 0.318. The van der Waals surface area contributed by atoms with Gasteiger partial charge in [0.25, 0.3) is 0 Å². The maximum Gasteiger partial charge on any atom is 0.157 e. The minimum absolute atomic E-state index is 0.0186. The SMILES string of the molecule is C[C@H]1[C@H](C)CC[C@]2(C(O)O)CC[C@]3(C)C(=CC[C@@H]4[C@@]5(C)CC[C@H](O)C(C)(C)C5CC[C@]43C)[C@H]12. The molecule has 3 heteroatoms. The summed E-state index contributed by atoms with van der Waals surface area (Å²) in [7, 11) is 0. The normalized spacial score (nSPS) is 55.7. The van der Waals surface area contributed by atoms with E-state index in [9.17, 15) is 15.3 Å². The highest BCUT2D eigenvalue weighted by Gasteiger charge is 2.69. The highest BCUT2D eigenvalue weighted by Crippen LogP contribution is 2.75. The molecule has 188 valence electrons. The van der Waals surface area contributed by atoms with E-state index in [4.69, 9.17) is 0 Å². The lowest BCUT2D eigenvalue weighted by Crippen LogP contribution is -2.65. The summed E-state index contributed by atoms with van der Waals surface area (Å²) in [5, 5.41) is 32.3. The van der Waals surface area contributed by atoms with Crippen molar-refractivity contribution in [2.24, 2.45) is 56.7 Å². The molecule has 4 saturated carbocycles. The molecule has 33 heavy (non-hydrogen) atoms. The summed E-state index contributed by atoms with van der Waals surface area (Å²) in [5.74, 6) is 2.60. The van der Waals surface area contributed by atoms with Gasteiger partial charge < -0.3 is 15.3 Å². The molecule has 0 heterocycles. The predicted octanol–water partition coefficient (Wildman–Crippen LogP) is 6.32. The number of hydrogen-bond acceptors (Lipinski definition) is 3. The Kier molecular flexibility index (Phi) is 5.40. The van der Waals surface area contributed by atoms with Crippen molar-refractivity contribution in [2.45, 2.75) is 119 Å². The Hall–Kier alpha value is -0.380. The van der Waals surface area contributed by atoms with Crippen molar-refractivity contribution in [1.82, 2.24) is 0 Å².